The van der Waals surface area contributed by atoms with Gasteiger partial charge in [0.2, 0.25) is 0 Å². The molecule has 3 nitrogen and oxygen atoms in total. The molecule has 0 bridgehead atoms. The zero-order chi connectivity index (χ0) is 12.1. The predicted octanol–water partition coefficient (Wildman–Crippen LogP) is 1.54. The van der Waals surface area contributed by atoms with E-state index in [0.29, 0.717) is 0 Å². The topological polar surface area (TPSA) is 18.5 Å². The second kappa shape index (κ2) is 6.72. The normalized spacial score (nSPS) is 27.9. The highest BCUT2D eigenvalue weighted by Gasteiger charge is 2.24. The molecule has 2 heterocycles. The van der Waals surface area contributed by atoms with Crippen LogP contribution < -0.4 is 5.32 Å². The molecular formula is C14H29N3. The lowest BCUT2D eigenvalue weighted by Gasteiger charge is -2.34. The lowest BCUT2D eigenvalue weighted by molar-refractivity contribution is 0.157. The van der Waals surface area contributed by atoms with Crippen molar-refractivity contribution in [1.82, 2.24) is 15.1 Å². The molecular weight excluding hydrogens is 210 g/mol. The van der Waals surface area contributed by atoms with Gasteiger partial charge in [0.15, 0.2) is 0 Å². The Kier molecular flexibility index (Phi) is 5.26. The van der Waals surface area contributed by atoms with Crippen molar-refractivity contribution < 1.29 is 0 Å². The molecule has 2 fully saturated rings. The fraction of sp³-hybridized carbons (Fsp3) is 1.00. The molecule has 0 aromatic carbocycles. The summed E-state index contributed by atoms with van der Waals surface area (Å²) in [6.45, 7) is 12.3. The summed E-state index contributed by atoms with van der Waals surface area (Å²) in [5.74, 6) is 0. The van der Waals surface area contributed by atoms with Crippen LogP contribution in [-0.2, 0) is 0 Å². The SMILES string of the molecule is CCC(C)N1CCCN(C2CCNCC2)CC1. The zero-order valence-electron chi connectivity index (χ0n) is 11.6. The Labute approximate surface area is 107 Å². The first-order valence-corrected chi connectivity index (χ1v) is 7.50. The van der Waals surface area contributed by atoms with Gasteiger partial charge in [0.25, 0.3) is 0 Å². The molecule has 0 amide bonds. The van der Waals surface area contributed by atoms with Gasteiger partial charge in [-0.1, -0.05) is 6.92 Å². The maximum absolute atomic E-state index is 3.47. The molecule has 2 rings (SSSR count). The van der Waals surface area contributed by atoms with Crippen molar-refractivity contribution in [2.45, 2.75) is 51.6 Å². The maximum atomic E-state index is 3.47. The summed E-state index contributed by atoms with van der Waals surface area (Å²) in [6.07, 6.45) is 5.34. The van der Waals surface area contributed by atoms with Gasteiger partial charge in [-0.25, -0.2) is 0 Å². The van der Waals surface area contributed by atoms with Crippen molar-refractivity contribution in [3.63, 3.8) is 0 Å². The van der Waals surface area contributed by atoms with Gasteiger partial charge in [-0.15, -0.1) is 0 Å². The smallest absolute Gasteiger partial charge is 0.0120 e. The third-order valence-electron chi connectivity index (χ3n) is 4.60. The van der Waals surface area contributed by atoms with E-state index in [1.165, 1.54) is 65.0 Å². The summed E-state index contributed by atoms with van der Waals surface area (Å²) in [5.41, 5.74) is 0. The maximum Gasteiger partial charge on any atom is 0.0120 e. The third kappa shape index (κ3) is 3.67. The van der Waals surface area contributed by atoms with Crippen molar-refractivity contribution in [3.05, 3.63) is 0 Å². The fourth-order valence-electron chi connectivity index (χ4n) is 3.19. The molecule has 1 atom stereocenters. The monoisotopic (exact) mass is 239 g/mol. The second-order valence-electron chi connectivity index (χ2n) is 5.66. The molecule has 0 saturated carbocycles. The Bertz CT molecular complexity index is 214. The van der Waals surface area contributed by atoms with Crippen LogP contribution >= 0.6 is 0 Å². The molecule has 0 spiro atoms. The minimum atomic E-state index is 0.767. The zero-order valence-corrected chi connectivity index (χ0v) is 11.6. The number of nitrogens with zero attached hydrogens (tertiary/aromatic N) is 2. The molecule has 1 unspecified atom stereocenters. The molecule has 2 aliphatic heterocycles. The standard InChI is InChI=1S/C14H29N3/c1-3-13(2)16-9-4-10-17(12-11-16)14-5-7-15-8-6-14/h13-15H,3-12H2,1-2H3. The second-order valence-corrected chi connectivity index (χ2v) is 5.66. The van der Waals surface area contributed by atoms with Crippen molar-refractivity contribution in [1.29, 1.82) is 0 Å². The summed E-state index contributed by atoms with van der Waals surface area (Å²) < 4.78 is 0. The van der Waals surface area contributed by atoms with Crippen LogP contribution in [-0.4, -0.2) is 61.2 Å². The van der Waals surface area contributed by atoms with Crippen molar-refractivity contribution >= 4 is 0 Å². The van der Waals surface area contributed by atoms with Gasteiger partial charge in [0.1, 0.15) is 0 Å². The molecule has 0 aromatic rings. The summed E-state index contributed by atoms with van der Waals surface area (Å²) in [4.78, 5) is 5.43. The molecule has 3 heteroatoms. The van der Waals surface area contributed by atoms with E-state index >= 15 is 0 Å². The highest BCUT2D eigenvalue weighted by atomic mass is 15.2. The number of nitrogens with one attached hydrogen (secondary N) is 1. The number of rotatable bonds is 3. The van der Waals surface area contributed by atoms with E-state index in [0.717, 1.165) is 12.1 Å². The molecule has 0 aliphatic carbocycles. The number of piperidine rings is 1. The van der Waals surface area contributed by atoms with Crippen LogP contribution in [0, 0.1) is 0 Å². The van der Waals surface area contributed by atoms with Crippen LogP contribution in [0.25, 0.3) is 0 Å². The van der Waals surface area contributed by atoms with E-state index in [2.05, 4.69) is 29.0 Å². The molecule has 1 N–H and O–H groups in total. The highest BCUT2D eigenvalue weighted by molar-refractivity contribution is 4.81. The van der Waals surface area contributed by atoms with Gasteiger partial charge >= 0.3 is 0 Å². The van der Waals surface area contributed by atoms with Gasteiger partial charge in [0.05, 0.1) is 0 Å². The largest absolute Gasteiger partial charge is 0.317 e. The van der Waals surface area contributed by atoms with Crippen LogP contribution in [0.1, 0.15) is 39.5 Å². The van der Waals surface area contributed by atoms with Crippen LogP contribution in [0.15, 0.2) is 0 Å². The first kappa shape index (κ1) is 13.3. The van der Waals surface area contributed by atoms with Gasteiger partial charge in [0, 0.05) is 25.2 Å². The molecule has 2 saturated heterocycles. The third-order valence-corrected chi connectivity index (χ3v) is 4.60. The minimum Gasteiger partial charge on any atom is -0.317 e. The van der Waals surface area contributed by atoms with E-state index in [9.17, 15) is 0 Å². The number of hydrogen-bond acceptors (Lipinski definition) is 3. The Balaban J connectivity index is 1.82. The van der Waals surface area contributed by atoms with E-state index in [4.69, 9.17) is 0 Å². The molecule has 17 heavy (non-hydrogen) atoms. The summed E-state index contributed by atoms with van der Waals surface area (Å²) >= 11 is 0. The van der Waals surface area contributed by atoms with Gasteiger partial charge in [-0.3, -0.25) is 9.80 Å². The lowest BCUT2D eigenvalue weighted by Crippen LogP contribution is -2.45. The van der Waals surface area contributed by atoms with Crippen LogP contribution in [0.2, 0.25) is 0 Å². The average molecular weight is 239 g/mol. The Hall–Kier alpha value is -0.120. The van der Waals surface area contributed by atoms with Crippen molar-refractivity contribution in [2.75, 3.05) is 39.3 Å². The van der Waals surface area contributed by atoms with Crippen molar-refractivity contribution in [2.24, 2.45) is 0 Å². The number of hydrogen-bond donors (Lipinski definition) is 1. The summed E-state index contributed by atoms with van der Waals surface area (Å²) in [5, 5.41) is 3.47. The Morgan fingerprint density at radius 3 is 2.59 bits per heavy atom. The Morgan fingerprint density at radius 2 is 1.88 bits per heavy atom. The van der Waals surface area contributed by atoms with Crippen LogP contribution in [0.5, 0.6) is 0 Å². The fourth-order valence-corrected chi connectivity index (χ4v) is 3.19. The highest BCUT2D eigenvalue weighted by Crippen LogP contribution is 2.16. The summed E-state index contributed by atoms with van der Waals surface area (Å²) in [6, 6.07) is 1.62. The van der Waals surface area contributed by atoms with Gasteiger partial charge < -0.3 is 5.32 Å². The minimum absolute atomic E-state index is 0.767. The average Bonchev–Trinajstić information content (AvgIpc) is 2.64. The first-order chi connectivity index (χ1) is 8.31. The van der Waals surface area contributed by atoms with E-state index in [-0.39, 0.29) is 0 Å². The van der Waals surface area contributed by atoms with E-state index < -0.39 is 0 Å². The van der Waals surface area contributed by atoms with Crippen LogP contribution in [0.4, 0.5) is 0 Å². The molecule has 0 radical (unpaired) electrons. The van der Waals surface area contributed by atoms with Gasteiger partial charge in [-0.2, -0.15) is 0 Å². The van der Waals surface area contributed by atoms with Crippen LogP contribution in [0.3, 0.4) is 0 Å². The van der Waals surface area contributed by atoms with Gasteiger partial charge in [-0.05, 0) is 58.8 Å². The van der Waals surface area contributed by atoms with E-state index in [1.54, 1.807) is 0 Å². The molecule has 100 valence electrons. The lowest BCUT2D eigenvalue weighted by atomic mass is 10.0. The summed E-state index contributed by atoms with van der Waals surface area (Å²) in [7, 11) is 0. The molecule has 0 aromatic heterocycles. The predicted molar refractivity (Wildman–Crippen MR) is 73.4 cm³/mol. The molecule has 2 aliphatic rings. The van der Waals surface area contributed by atoms with E-state index in [1.807, 2.05) is 0 Å². The van der Waals surface area contributed by atoms with Crippen molar-refractivity contribution in [3.8, 4) is 0 Å². The quantitative estimate of drug-likeness (QED) is 0.806. The first-order valence-electron chi connectivity index (χ1n) is 7.50. The Morgan fingerprint density at radius 1 is 1.12 bits per heavy atom.